The molecule has 6 heteroatoms. The van der Waals surface area contributed by atoms with E-state index in [1.165, 1.54) is 18.2 Å². The molecular formula is C14H11BrClFN2O. The summed E-state index contributed by atoms with van der Waals surface area (Å²) >= 11 is 9.09. The topological polar surface area (TPSA) is 55.1 Å². The Balaban J connectivity index is 2.08. The molecular weight excluding hydrogens is 347 g/mol. The van der Waals surface area contributed by atoms with Crippen LogP contribution in [0.3, 0.4) is 0 Å². The highest BCUT2D eigenvalue weighted by atomic mass is 79.9. The largest absolute Gasteiger partial charge is 0.398 e. The summed E-state index contributed by atoms with van der Waals surface area (Å²) in [5, 5.41) is 3.09. The number of carbonyl (C=O) groups is 1. The standard InChI is InChI=1S/C14H11BrClFN2O/c15-11-3-2-10(17)5-9(11)7-19-14(20)8-1-4-12(16)13(18)6-8/h1-6H,7,18H2,(H,19,20). The first-order valence-corrected chi connectivity index (χ1v) is 6.91. The summed E-state index contributed by atoms with van der Waals surface area (Å²) in [6.07, 6.45) is 0. The fourth-order valence-electron chi connectivity index (χ4n) is 1.64. The molecule has 104 valence electrons. The minimum Gasteiger partial charge on any atom is -0.398 e. The lowest BCUT2D eigenvalue weighted by molar-refractivity contribution is 0.0951. The second kappa shape index (κ2) is 6.24. The van der Waals surface area contributed by atoms with Crippen LogP contribution in [0.5, 0.6) is 0 Å². The first kappa shape index (κ1) is 14.8. The maximum Gasteiger partial charge on any atom is 0.251 e. The third-order valence-corrected chi connectivity index (χ3v) is 3.82. The van der Waals surface area contributed by atoms with E-state index < -0.39 is 0 Å². The normalized spacial score (nSPS) is 10.3. The summed E-state index contributed by atoms with van der Waals surface area (Å²) in [6, 6.07) is 8.93. The summed E-state index contributed by atoms with van der Waals surface area (Å²) in [4.78, 5) is 12.0. The quantitative estimate of drug-likeness (QED) is 0.822. The van der Waals surface area contributed by atoms with Crippen LogP contribution in [0, 0.1) is 5.82 Å². The molecule has 0 aliphatic heterocycles. The number of rotatable bonds is 3. The SMILES string of the molecule is Nc1cc(C(=O)NCc2cc(F)ccc2Br)ccc1Cl. The molecule has 2 rings (SSSR count). The number of hydrogen-bond donors (Lipinski definition) is 2. The first-order valence-electron chi connectivity index (χ1n) is 5.74. The van der Waals surface area contributed by atoms with Gasteiger partial charge in [-0.25, -0.2) is 4.39 Å². The molecule has 0 saturated heterocycles. The van der Waals surface area contributed by atoms with Crippen molar-refractivity contribution in [2.75, 3.05) is 5.73 Å². The molecule has 1 amide bonds. The van der Waals surface area contributed by atoms with Crippen LogP contribution in [-0.4, -0.2) is 5.91 Å². The van der Waals surface area contributed by atoms with E-state index in [-0.39, 0.29) is 18.3 Å². The van der Waals surface area contributed by atoms with Crippen LogP contribution in [0.2, 0.25) is 5.02 Å². The fraction of sp³-hybridized carbons (Fsp3) is 0.0714. The van der Waals surface area contributed by atoms with E-state index in [1.54, 1.807) is 18.2 Å². The summed E-state index contributed by atoms with van der Waals surface area (Å²) in [5.74, 6) is -0.655. The number of hydrogen-bond acceptors (Lipinski definition) is 2. The second-order valence-electron chi connectivity index (χ2n) is 4.15. The van der Waals surface area contributed by atoms with E-state index in [9.17, 15) is 9.18 Å². The molecule has 0 aliphatic rings. The molecule has 0 heterocycles. The van der Waals surface area contributed by atoms with Crippen LogP contribution in [0.1, 0.15) is 15.9 Å². The van der Waals surface area contributed by atoms with Gasteiger partial charge in [0.05, 0.1) is 10.7 Å². The van der Waals surface area contributed by atoms with E-state index >= 15 is 0 Å². The minimum absolute atomic E-state index is 0.208. The number of nitrogens with two attached hydrogens (primary N) is 1. The Labute approximate surface area is 129 Å². The molecule has 0 radical (unpaired) electrons. The van der Waals surface area contributed by atoms with Crippen LogP contribution in [0.4, 0.5) is 10.1 Å². The third-order valence-electron chi connectivity index (χ3n) is 2.71. The summed E-state index contributed by atoms with van der Waals surface area (Å²) in [7, 11) is 0. The van der Waals surface area contributed by atoms with Crippen molar-refractivity contribution in [2.24, 2.45) is 0 Å². The highest BCUT2D eigenvalue weighted by Gasteiger charge is 2.09. The molecule has 0 aliphatic carbocycles. The zero-order chi connectivity index (χ0) is 14.7. The van der Waals surface area contributed by atoms with Crippen LogP contribution in [0.25, 0.3) is 0 Å². The molecule has 0 atom stereocenters. The number of halogens is 3. The van der Waals surface area contributed by atoms with Gasteiger partial charge in [-0.15, -0.1) is 0 Å². The molecule has 0 bridgehead atoms. The maximum atomic E-state index is 13.1. The fourth-order valence-corrected chi connectivity index (χ4v) is 2.15. The monoisotopic (exact) mass is 356 g/mol. The Morgan fingerprint density at radius 3 is 2.75 bits per heavy atom. The van der Waals surface area contributed by atoms with E-state index in [0.717, 1.165) is 4.47 Å². The van der Waals surface area contributed by atoms with Gasteiger partial charge in [-0.1, -0.05) is 27.5 Å². The molecule has 2 aromatic rings. The molecule has 0 spiro atoms. The lowest BCUT2D eigenvalue weighted by atomic mass is 10.1. The predicted octanol–water partition coefficient (Wildman–Crippen LogP) is 3.75. The summed E-state index contributed by atoms with van der Waals surface area (Å²) < 4.78 is 13.9. The van der Waals surface area contributed by atoms with Crippen molar-refractivity contribution >= 4 is 39.1 Å². The molecule has 2 aromatic carbocycles. The minimum atomic E-state index is -0.354. The third kappa shape index (κ3) is 3.49. The zero-order valence-corrected chi connectivity index (χ0v) is 12.6. The Morgan fingerprint density at radius 1 is 1.30 bits per heavy atom. The number of amides is 1. The van der Waals surface area contributed by atoms with Gasteiger partial charge in [-0.05, 0) is 42.0 Å². The van der Waals surface area contributed by atoms with Gasteiger partial charge in [0.15, 0.2) is 0 Å². The van der Waals surface area contributed by atoms with Crippen molar-refractivity contribution in [3.05, 3.63) is 62.8 Å². The highest BCUT2D eigenvalue weighted by Crippen LogP contribution is 2.20. The molecule has 0 saturated carbocycles. The van der Waals surface area contributed by atoms with E-state index in [4.69, 9.17) is 17.3 Å². The summed E-state index contributed by atoms with van der Waals surface area (Å²) in [5.41, 5.74) is 7.04. The van der Waals surface area contributed by atoms with Gasteiger partial charge < -0.3 is 11.1 Å². The van der Waals surface area contributed by atoms with Gasteiger partial charge >= 0.3 is 0 Å². The number of anilines is 1. The maximum absolute atomic E-state index is 13.1. The van der Waals surface area contributed by atoms with E-state index in [1.807, 2.05) is 0 Å². The molecule has 0 fully saturated rings. The molecule has 20 heavy (non-hydrogen) atoms. The number of nitrogens with one attached hydrogen (secondary N) is 1. The van der Waals surface area contributed by atoms with Crippen LogP contribution in [-0.2, 0) is 6.54 Å². The Hall–Kier alpha value is -1.59. The molecule has 3 nitrogen and oxygen atoms in total. The van der Waals surface area contributed by atoms with E-state index in [2.05, 4.69) is 21.2 Å². The smallest absolute Gasteiger partial charge is 0.251 e. The average molecular weight is 358 g/mol. The van der Waals surface area contributed by atoms with Gasteiger partial charge in [0.2, 0.25) is 0 Å². The Kier molecular flexibility index (Phi) is 4.62. The van der Waals surface area contributed by atoms with Crippen molar-refractivity contribution in [1.82, 2.24) is 5.32 Å². The lowest BCUT2D eigenvalue weighted by Gasteiger charge is -2.08. The van der Waals surface area contributed by atoms with Crippen molar-refractivity contribution in [3.63, 3.8) is 0 Å². The summed E-state index contributed by atoms with van der Waals surface area (Å²) in [6.45, 7) is 0.208. The Morgan fingerprint density at radius 2 is 2.05 bits per heavy atom. The lowest BCUT2D eigenvalue weighted by Crippen LogP contribution is -2.23. The Bertz CT molecular complexity index is 664. The average Bonchev–Trinajstić information content (AvgIpc) is 2.42. The number of nitrogen functional groups attached to an aromatic ring is 1. The van der Waals surface area contributed by atoms with Crippen LogP contribution in [0.15, 0.2) is 40.9 Å². The van der Waals surface area contributed by atoms with Gasteiger partial charge in [0, 0.05) is 16.6 Å². The van der Waals surface area contributed by atoms with Crippen LogP contribution < -0.4 is 11.1 Å². The van der Waals surface area contributed by atoms with Crippen molar-refractivity contribution in [1.29, 1.82) is 0 Å². The second-order valence-corrected chi connectivity index (χ2v) is 5.42. The van der Waals surface area contributed by atoms with Crippen molar-refractivity contribution < 1.29 is 9.18 Å². The zero-order valence-electron chi connectivity index (χ0n) is 10.3. The first-order chi connectivity index (χ1) is 9.47. The van der Waals surface area contributed by atoms with Crippen molar-refractivity contribution in [2.45, 2.75) is 6.54 Å². The van der Waals surface area contributed by atoms with Crippen molar-refractivity contribution in [3.8, 4) is 0 Å². The highest BCUT2D eigenvalue weighted by molar-refractivity contribution is 9.10. The van der Waals surface area contributed by atoms with Gasteiger partial charge in [-0.2, -0.15) is 0 Å². The van der Waals surface area contributed by atoms with Gasteiger partial charge in [-0.3, -0.25) is 4.79 Å². The number of benzene rings is 2. The number of carbonyl (C=O) groups excluding carboxylic acids is 1. The molecule has 0 aromatic heterocycles. The molecule has 0 unspecified atom stereocenters. The van der Waals surface area contributed by atoms with Gasteiger partial charge in [0.25, 0.3) is 5.91 Å². The van der Waals surface area contributed by atoms with E-state index in [0.29, 0.717) is 21.8 Å². The van der Waals surface area contributed by atoms with Crippen LogP contribution >= 0.6 is 27.5 Å². The predicted molar refractivity (Wildman–Crippen MR) is 81.1 cm³/mol. The van der Waals surface area contributed by atoms with Gasteiger partial charge in [0.1, 0.15) is 5.82 Å². The molecule has 3 N–H and O–H groups in total.